The van der Waals surface area contributed by atoms with Gasteiger partial charge in [-0.25, -0.2) is 4.98 Å². The van der Waals surface area contributed by atoms with Gasteiger partial charge < -0.3 is 16.0 Å². The monoisotopic (exact) mass is 208 g/mol. The van der Waals surface area contributed by atoms with Crippen molar-refractivity contribution in [3.8, 4) is 0 Å². The van der Waals surface area contributed by atoms with Crippen molar-refractivity contribution in [3.63, 3.8) is 0 Å². The zero-order valence-electron chi connectivity index (χ0n) is 9.70. The van der Waals surface area contributed by atoms with Crippen LogP contribution in [0.3, 0.4) is 0 Å². The van der Waals surface area contributed by atoms with E-state index in [9.17, 15) is 0 Å². The Bertz CT molecular complexity index is 298. The molecule has 0 bridgehead atoms. The molecule has 1 atom stereocenters. The molecule has 0 aliphatic rings. The van der Waals surface area contributed by atoms with Gasteiger partial charge in [0.25, 0.3) is 0 Å². The van der Waals surface area contributed by atoms with E-state index in [-0.39, 0.29) is 0 Å². The summed E-state index contributed by atoms with van der Waals surface area (Å²) in [5.74, 6) is 0.636. The van der Waals surface area contributed by atoms with Gasteiger partial charge >= 0.3 is 0 Å². The zero-order valence-corrected chi connectivity index (χ0v) is 9.70. The molecule has 84 valence electrons. The summed E-state index contributed by atoms with van der Waals surface area (Å²) in [6, 6.07) is 4.36. The normalized spacial score (nSPS) is 13.1. The second-order valence-corrected chi connectivity index (χ2v) is 4.00. The number of hydrogen-bond acceptors (Lipinski definition) is 4. The Morgan fingerprint density at radius 2 is 2.27 bits per heavy atom. The van der Waals surface area contributed by atoms with Gasteiger partial charge in [-0.15, -0.1) is 0 Å². The lowest BCUT2D eigenvalue weighted by Crippen LogP contribution is -2.37. The number of hydrogen-bond donors (Lipinski definition) is 2. The molecule has 4 nitrogen and oxygen atoms in total. The van der Waals surface area contributed by atoms with Gasteiger partial charge in [-0.1, -0.05) is 6.07 Å². The topological polar surface area (TPSA) is 54.2 Å². The molecule has 1 rings (SSSR count). The van der Waals surface area contributed by atoms with Crippen LogP contribution in [0.5, 0.6) is 0 Å². The summed E-state index contributed by atoms with van der Waals surface area (Å²) in [7, 11) is 6.11. The fourth-order valence-corrected chi connectivity index (χ4v) is 1.59. The van der Waals surface area contributed by atoms with Crippen LogP contribution in [0.25, 0.3) is 0 Å². The van der Waals surface area contributed by atoms with Gasteiger partial charge in [0, 0.05) is 18.8 Å². The predicted molar refractivity (Wildman–Crippen MR) is 63.8 cm³/mol. The van der Waals surface area contributed by atoms with Gasteiger partial charge in [0.15, 0.2) is 0 Å². The Hall–Kier alpha value is -1.13. The summed E-state index contributed by atoms with van der Waals surface area (Å²) < 4.78 is 0. The second kappa shape index (κ2) is 5.68. The largest absolute Gasteiger partial charge is 0.383 e. The van der Waals surface area contributed by atoms with Crippen LogP contribution in [0.15, 0.2) is 18.3 Å². The highest BCUT2D eigenvalue weighted by Crippen LogP contribution is 2.09. The number of nitrogen functional groups attached to an aromatic ring is 1. The zero-order chi connectivity index (χ0) is 11.3. The van der Waals surface area contributed by atoms with Gasteiger partial charge in [0.1, 0.15) is 5.82 Å². The SMILES string of the molecule is CNC(Cc1cccnc1N)CN(C)C. The van der Waals surface area contributed by atoms with Gasteiger partial charge in [-0.3, -0.25) is 0 Å². The molecule has 0 radical (unpaired) electrons. The molecule has 4 heteroatoms. The van der Waals surface area contributed by atoms with Crippen LogP contribution in [0.1, 0.15) is 5.56 Å². The predicted octanol–water partition coefficient (Wildman–Crippen LogP) is 0.356. The first-order valence-electron chi connectivity index (χ1n) is 5.15. The van der Waals surface area contributed by atoms with Crippen molar-refractivity contribution in [3.05, 3.63) is 23.9 Å². The maximum Gasteiger partial charge on any atom is 0.126 e. The molecule has 0 aromatic carbocycles. The minimum absolute atomic E-state index is 0.409. The molecule has 1 aromatic rings. The van der Waals surface area contributed by atoms with Crippen LogP contribution < -0.4 is 11.1 Å². The number of rotatable bonds is 5. The van der Waals surface area contributed by atoms with Crippen molar-refractivity contribution in [2.75, 3.05) is 33.4 Å². The lowest BCUT2D eigenvalue weighted by Gasteiger charge is -2.20. The maximum atomic E-state index is 5.80. The van der Waals surface area contributed by atoms with Crippen molar-refractivity contribution in [2.24, 2.45) is 0 Å². The molecule has 1 heterocycles. The van der Waals surface area contributed by atoms with E-state index in [0.29, 0.717) is 11.9 Å². The highest BCUT2D eigenvalue weighted by Gasteiger charge is 2.10. The Labute approximate surface area is 91.5 Å². The van der Waals surface area contributed by atoms with Gasteiger partial charge in [-0.05, 0) is 39.2 Å². The van der Waals surface area contributed by atoms with E-state index in [1.54, 1.807) is 6.20 Å². The fraction of sp³-hybridized carbons (Fsp3) is 0.545. The van der Waals surface area contributed by atoms with Crippen molar-refractivity contribution in [1.82, 2.24) is 15.2 Å². The average molecular weight is 208 g/mol. The summed E-state index contributed by atoms with van der Waals surface area (Å²) in [6.07, 6.45) is 2.63. The smallest absolute Gasteiger partial charge is 0.126 e. The number of aromatic nitrogens is 1. The van der Waals surface area contributed by atoms with Crippen LogP contribution in [-0.2, 0) is 6.42 Å². The first-order chi connectivity index (χ1) is 7.13. The van der Waals surface area contributed by atoms with Crippen LogP contribution in [-0.4, -0.2) is 43.6 Å². The van der Waals surface area contributed by atoms with E-state index in [2.05, 4.69) is 29.3 Å². The third-order valence-corrected chi connectivity index (χ3v) is 2.39. The van der Waals surface area contributed by atoms with Crippen LogP contribution >= 0.6 is 0 Å². The number of nitrogens with one attached hydrogen (secondary N) is 1. The molecule has 0 fully saturated rings. The van der Waals surface area contributed by atoms with Crippen molar-refractivity contribution < 1.29 is 0 Å². The first kappa shape index (κ1) is 11.9. The summed E-state index contributed by atoms with van der Waals surface area (Å²) in [5, 5.41) is 3.28. The molecule has 15 heavy (non-hydrogen) atoms. The maximum absolute atomic E-state index is 5.80. The van der Waals surface area contributed by atoms with E-state index in [0.717, 1.165) is 18.5 Å². The minimum atomic E-state index is 0.409. The molecular weight excluding hydrogens is 188 g/mol. The van der Waals surface area contributed by atoms with E-state index in [4.69, 9.17) is 5.73 Å². The number of pyridine rings is 1. The Morgan fingerprint density at radius 1 is 1.53 bits per heavy atom. The molecule has 1 unspecified atom stereocenters. The molecule has 3 N–H and O–H groups in total. The highest BCUT2D eigenvalue weighted by atomic mass is 15.1. The molecule has 0 amide bonds. The summed E-state index contributed by atoms with van der Waals surface area (Å²) in [5.41, 5.74) is 6.91. The molecular formula is C11H20N4. The van der Waals surface area contributed by atoms with Gasteiger partial charge in [-0.2, -0.15) is 0 Å². The Balaban J connectivity index is 2.62. The van der Waals surface area contributed by atoms with E-state index in [1.165, 1.54) is 0 Å². The molecule has 0 aliphatic carbocycles. The fourth-order valence-electron chi connectivity index (χ4n) is 1.59. The average Bonchev–Trinajstić information content (AvgIpc) is 2.19. The first-order valence-corrected chi connectivity index (χ1v) is 5.15. The lowest BCUT2D eigenvalue weighted by molar-refractivity contribution is 0.347. The van der Waals surface area contributed by atoms with Crippen LogP contribution in [0, 0.1) is 0 Å². The second-order valence-electron chi connectivity index (χ2n) is 4.00. The van der Waals surface area contributed by atoms with Crippen LogP contribution in [0.2, 0.25) is 0 Å². The standard InChI is InChI=1S/C11H20N4/c1-13-10(8-15(2)3)7-9-5-4-6-14-11(9)12/h4-6,10,13H,7-8H2,1-3H3,(H2,12,14). The minimum Gasteiger partial charge on any atom is -0.383 e. The Morgan fingerprint density at radius 3 is 2.80 bits per heavy atom. The van der Waals surface area contributed by atoms with Gasteiger partial charge in [0.05, 0.1) is 0 Å². The number of nitrogens with two attached hydrogens (primary N) is 1. The highest BCUT2D eigenvalue weighted by molar-refractivity contribution is 5.38. The Kier molecular flexibility index (Phi) is 4.52. The molecule has 0 saturated carbocycles. The third kappa shape index (κ3) is 3.85. The van der Waals surface area contributed by atoms with Crippen molar-refractivity contribution in [2.45, 2.75) is 12.5 Å². The quantitative estimate of drug-likeness (QED) is 0.733. The summed E-state index contributed by atoms with van der Waals surface area (Å²) >= 11 is 0. The molecule has 1 aromatic heterocycles. The molecule has 0 saturated heterocycles. The van der Waals surface area contributed by atoms with E-state index in [1.807, 2.05) is 19.2 Å². The van der Waals surface area contributed by atoms with Gasteiger partial charge in [0.2, 0.25) is 0 Å². The molecule has 0 spiro atoms. The number of likely N-dealkylation sites (N-methyl/N-ethyl adjacent to an activating group) is 2. The number of nitrogens with zero attached hydrogens (tertiary/aromatic N) is 2. The summed E-state index contributed by atoms with van der Waals surface area (Å²) in [4.78, 5) is 6.24. The van der Waals surface area contributed by atoms with Crippen molar-refractivity contribution >= 4 is 5.82 Å². The van der Waals surface area contributed by atoms with Crippen LogP contribution in [0.4, 0.5) is 5.82 Å². The van der Waals surface area contributed by atoms with E-state index < -0.39 is 0 Å². The van der Waals surface area contributed by atoms with E-state index >= 15 is 0 Å². The number of anilines is 1. The lowest BCUT2D eigenvalue weighted by atomic mass is 10.1. The summed E-state index contributed by atoms with van der Waals surface area (Å²) in [6.45, 7) is 0.991. The van der Waals surface area contributed by atoms with Crippen molar-refractivity contribution in [1.29, 1.82) is 0 Å². The molecule has 0 aliphatic heterocycles. The third-order valence-electron chi connectivity index (χ3n) is 2.39.